The van der Waals surface area contributed by atoms with Crippen molar-refractivity contribution in [2.45, 2.75) is 97.8 Å². The number of hydrogen-bond donors (Lipinski definition) is 0. The summed E-state index contributed by atoms with van der Waals surface area (Å²) in [6.45, 7) is 7.39. The van der Waals surface area contributed by atoms with Gasteiger partial charge in [0.05, 0.1) is 13.2 Å². The molecule has 0 saturated carbocycles. The molecule has 0 spiro atoms. The van der Waals surface area contributed by atoms with Gasteiger partial charge in [0.2, 0.25) is 0 Å². The van der Waals surface area contributed by atoms with E-state index in [1.54, 1.807) is 0 Å². The van der Waals surface area contributed by atoms with E-state index in [0.29, 0.717) is 44.8 Å². The van der Waals surface area contributed by atoms with Gasteiger partial charge in [0.1, 0.15) is 0 Å². The standard InChI is InChI=1S/C20H38O4/c1-4-6-7-8-9-10-13-16-23-19(21)14-11-12-15-20(22)24-17-18(3)5-2/h18H,4-17H2,1-3H3. The van der Waals surface area contributed by atoms with Crippen molar-refractivity contribution in [1.29, 1.82) is 0 Å². The Morgan fingerprint density at radius 2 is 1.29 bits per heavy atom. The van der Waals surface area contributed by atoms with E-state index >= 15 is 0 Å². The molecule has 4 heteroatoms. The summed E-state index contributed by atoms with van der Waals surface area (Å²) in [5.74, 6) is 0.108. The highest BCUT2D eigenvalue weighted by Crippen LogP contribution is 2.08. The topological polar surface area (TPSA) is 52.6 Å². The molecule has 0 aliphatic heterocycles. The summed E-state index contributed by atoms with van der Waals surface area (Å²) in [6.07, 6.45) is 11.7. The zero-order chi connectivity index (χ0) is 18.0. The van der Waals surface area contributed by atoms with Gasteiger partial charge in [-0.25, -0.2) is 0 Å². The summed E-state index contributed by atoms with van der Waals surface area (Å²) < 4.78 is 10.4. The fourth-order valence-corrected chi connectivity index (χ4v) is 2.28. The van der Waals surface area contributed by atoms with Crippen LogP contribution in [0.1, 0.15) is 97.8 Å². The van der Waals surface area contributed by atoms with Crippen molar-refractivity contribution in [3.8, 4) is 0 Å². The lowest BCUT2D eigenvalue weighted by Gasteiger charge is -2.09. The van der Waals surface area contributed by atoms with E-state index in [1.165, 1.54) is 32.1 Å². The molecule has 0 fully saturated rings. The summed E-state index contributed by atoms with van der Waals surface area (Å²) in [5.41, 5.74) is 0. The first-order valence-corrected chi connectivity index (χ1v) is 9.91. The highest BCUT2D eigenvalue weighted by molar-refractivity contribution is 5.70. The molecule has 0 N–H and O–H groups in total. The monoisotopic (exact) mass is 342 g/mol. The van der Waals surface area contributed by atoms with Gasteiger partial charge in [0.15, 0.2) is 0 Å². The van der Waals surface area contributed by atoms with Crippen LogP contribution in [0.4, 0.5) is 0 Å². The molecule has 0 aromatic heterocycles. The van der Waals surface area contributed by atoms with Crippen LogP contribution < -0.4 is 0 Å². The van der Waals surface area contributed by atoms with Gasteiger partial charge in [0, 0.05) is 12.8 Å². The third kappa shape index (κ3) is 15.8. The van der Waals surface area contributed by atoms with Crippen LogP contribution in [0.2, 0.25) is 0 Å². The van der Waals surface area contributed by atoms with Crippen molar-refractivity contribution in [3.63, 3.8) is 0 Å². The highest BCUT2D eigenvalue weighted by atomic mass is 16.5. The van der Waals surface area contributed by atoms with Crippen molar-refractivity contribution in [2.75, 3.05) is 13.2 Å². The molecule has 0 aromatic rings. The van der Waals surface area contributed by atoms with E-state index < -0.39 is 0 Å². The van der Waals surface area contributed by atoms with Crippen LogP contribution in [0.15, 0.2) is 0 Å². The first-order chi connectivity index (χ1) is 11.6. The third-order valence-corrected chi connectivity index (χ3v) is 4.25. The Kier molecular flexibility index (Phi) is 16.0. The van der Waals surface area contributed by atoms with Crippen LogP contribution >= 0.6 is 0 Å². The van der Waals surface area contributed by atoms with Gasteiger partial charge < -0.3 is 9.47 Å². The summed E-state index contributed by atoms with van der Waals surface area (Å²) in [5, 5.41) is 0. The summed E-state index contributed by atoms with van der Waals surface area (Å²) in [4.78, 5) is 23.1. The second-order valence-corrected chi connectivity index (χ2v) is 6.75. The van der Waals surface area contributed by atoms with Crippen LogP contribution in [0.5, 0.6) is 0 Å². The first-order valence-electron chi connectivity index (χ1n) is 9.91. The van der Waals surface area contributed by atoms with Crippen molar-refractivity contribution >= 4 is 11.9 Å². The van der Waals surface area contributed by atoms with Crippen LogP contribution in [-0.2, 0) is 19.1 Å². The van der Waals surface area contributed by atoms with Gasteiger partial charge in [-0.15, -0.1) is 0 Å². The normalized spacial score (nSPS) is 12.0. The lowest BCUT2D eigenvalue weighted by Crippen LogP contribution is -2.11. The SMILES string of the molecule is CCCCCCCCCOC(=O)CCCCC(=O)OCC(C)CC. The quantitative estimate of drug-likeness (QED) is 0.277. The van der Waals surface area contributed by atoms with Gasteiger partial charge in [0.25, 0.3) is 0 Å². The van der Waals surface area contributed by atoms with Crippen molar-refractivity contribution < 1.29 is 19.1 Å². The Labute approximate surface area is 148 Å². The van der Waals surface area contributed by atoms with Crippen LogP contribution in [0.25, 0.3) is 0 Å². The molecule has 142 valence electrons. The number of carbonyl (C=O) groups excluding carboxylic acids is 2. The lowest BCUT2D eigenvalue weighted by molar-refractivity contribution is -0.146. The predicted octanol–water partition coefficient (Wildman–Crippen LogP) is 5.43. The van der Waals surface area contributed by atoms with E-state index in [0.717, 1.165) is 19.3 Å². The Hall–Kier alpha value is -1.06. The van der Waals surface area contributed by atoms with E-state index in [1.807, 2.05) is 0 Å². The van der Waals surface area contributed by atoms with Crippen molar-refractivity contribution in [2.24, 2.45) is 5.92 Å². The van der Waals surface area contributed by atoms with E-state index in [2.05, 4.69) is 20.8 Å². The molecule has 0 bridgehead atoms. The molecule has 0 aliphatic rings. The zero-order valence-electron chi connectivity index (χ0n) is 16.1. The Morgan fingerprint density at radius 1 is 0.750 bits per heavy atom. The molecule has 0 saturated heterocycles. The molecular weight excluding hydrogens is 304 g/mol. The third-order valence-electron chi connectivity index (χ3n) is 4.25. The largest absolute Gasteiger partial charge is 0.466 e. The first kappa shape index (κ1) is 22.9. The lowest BCUT2D eigenvalue weighted by atomic mass is 10.1. The Bertz CT molecular complexity index is 315. The average molecular weight is 343 g/mol. The maximum absolute atomic E-state index is 11.6. The Morgan fingerprint density at radius 3 is 1.88 bits per heavy atom. The molecule has 0 aliphatic carbocycles. The van der Waals surface area contributed by atoms with E-state index in [4.69, 9.17) is 9.47 Å². The van der Waals surface area contributed by atoms with Gasteiger partial charge in [-0.2, -0.15) is 0 Å². The second kappa shape index (κ2) is 16.8. The van der Waals surface area contributed by atoms with Gasteiger partial charge in [-0.1, -0.05) is 65.7 Å². The Balaban J connectivity index is 3.36. The fourth-order valence-electron chi connectivity index (χ4n) is 2.28. The van der Waals surface area contributed by atoms with Crippen LogP contribution in [0.3, 0.4) is 0 Å². The molecule has 0 amide bonds. The average Bonchev–Trinajstić information content (AvgIpc) is 2.58. The zero-order valence-corrected chi connectivity index (χ0v) is 16.1. The molecule has 0 aromatic carbocycles. The molecule has 0 heterocycles. The molecular formula is C20H38O4. The van der Waals surface area contributed by atoms with Crippen molar-refractivity contribution in [1.82, 2.24) is 0 Å². The van der Waals surface area contributed by atoms with E-state index in [9.17, 15) is 9.59 Å². The van der Waals surface area contributed by atoms with Gasteiger partial charge in [-0.3, -0.25) is 9.59 Å². The summed E-state index contributed by atoms with van der Waals surface area (Å²) in [6, 6.07) is 0. The predicted molar refractivity (Wildman–Crippen MR) is 97.8 cm³/mol. The number of carbonyl (C=O) groups is 2. The minimum atomic E-state index is -0.160. The summed E-state index contributed by atoms with van der Waals surface area (Å²) >= 11 is 0. The highest BCUT2D eigenvalue weighted by Gasteiger charge is 2.07. The van der Waals surface area contributed by atoms with Gasteiger partial charge in [-0.05, 0) is 25.2 Å². The second-order valence-electron chi connectivity index (χ2n) is 6.75. The minimum Gasteiger partial charge on any atom is -0.466 e. The van der Waals surface area contributed by atoms with E-state index in [-0.39, 0.29) is 11.9 Å². The fraction of sp³-hybridized carbons (Fsp3) is 0.900. The minimum absolute atomic E-state index is 0.144. The molecule has 0 rings (SSSR count). The maximum Gasteiger partial charge on any atom is 0.305 e. The van der Waals surface area contributed by atoms with Gasteiger partial charge >= 0.3 is 11.9 Å². The number of esters is 2. The molecule has 4 nitrogen and oxygen atoms in total. The number of ether oxygens (including phenoxy) is 2. The number of hydrogen-bond acceptors (Lipinski definition) is 4. The van der Waals surface area contributed by atoms with Crippen molar-refractivity contribution in [3.05, 3.63) is 0 Å². The summed E-state index contributed by atoms with van der Waals surface area (Å²) in [7, 11) is 0. The maximum atomic E-state index is 11.6. The molecule has 1 atom stereocenters. The number of rotatable bonds is 16. The van der Waals surface area contributed by atoms with Crippen LogP contribution in [-0.4, -0.2) is 25.2 Å². The molecule has 24 heavy (non-hydrogen) atoms. The molecule has 1 unspecified atom stereocenters. The van der Waals surface area contributed by atoms with Crippen LogP contribution in [0, 0.1) is 5.92 Å². The molecule has 0 radical (unpaired) electrons. The number of unbranched alkanes of at least 4 members (excludes halogenated alkanes) is 7. The smallest absolute Gasteiger partial charge is 0.305 e.